The molecular formula is C24H26FN3O3S2. The van der Waals surface area contributed by atoms with E-state index in [4.69, 9.17) is 0 Å². The molecule has 9 heteroatoms. The molecule has 0 bridgehead atoms. The summed E-state index contributed by atoms with van der Waals surface area (Å²) in [5, 5.41) is 5.11. The van der Waals surface area contributed by atoms with E-state index in [0.717, 1.165) is 22.1 Å². The van der Waals surface area contributed by atoms with Gasteiger partial charge in [0.1, 0.15) is 10.7 Å². The van der Waals surface area contributed by atoms with Crippen molar-refractivity contribution >= 4 is 27.3 Å². The van der Waals surface area contributed by atoms with Gasteiger partial charge in [-0.3, -0.25) is 9.69 Å². The van der Waals surface area contributed by atoms with E-state index in [0.29, 0.717) is 13.1 Å². The van der Waals surface area contributed by atoms with Crippen molar-refractivity contribution in [1.29, 1.82) is 0 Å². The number of halogens is 1. The quantitative estimate of drug-likeness (QED) is 0.555. The fourth-order valence-corrected chi connectivity index (χ4v) is 6.15. The molecule has 3 aromatic rings. The van der Waals surface area contributed by atoms with E-state index in [2.05, 4.69) is 5.32 Å². The third kappa shape index (κ3) is 5.50. The van der Waals surface area contributed by atoms with Crippen LogP contribution in [0.1, 0.15) is 22.0 Å². The zero-order valence-corrected chi connectivity index (χ0v) is 19.9. The van der Waals surface area contributed by atoms with Crippen LogP contribution in [0.5, 0.6) is 0 Å². The molecular weight excluding hydrogens is 461 g/mol. The van der Waals surface area contributed by atoms with Gasteiger partial charge in [-0.1, -0.05) is 48.0 Å². The van der Waals surface area contributed by atoms with Gasteiger partial charge in [0.15, 0.2) is 0 Å². The highest BCUT2D eigenvalue weighted by Crippen LogP contribution is 2.26. The van der Waals surface area contributed by atoms with Gasteiger partial charge in [0, 0.05) is 31.1 Å². The fourth-order valence-electron chi connectivity index (χ4n) is 3.86. The lowest BCUT2D eigenvalue weighted by atomic mass is 10.0. The molecule has 1 amide bonds. The summed E-state index contributed by atoms with van der Waals surface area (Å²) >= 11 is 1.59. The van der Waals surface area contributed by atoms with E-state index in [1.165, 1.54) is 22.5 Å². The van der Waals surface area contributed by atoms with Crippen LogP contribution in [0.3, 0.4) is 0 Å². The number of nitrogens with zero attached hydrogens (tertiary/aromatic N) is 2. The van der Waals surface area contributed by atoms with Crippen LogP contribution in [-0.4, -0.2) is 56.3 Å². The number of amides is 1. The van der Waals surface area contributed by atoms with Crippen LogP contribution in [0.2, 0.25) is 0 Å². The Morgan fingerprint density at radius 1 is 1.03 bits per heavy atom. The molecule has 1 aliphatic rings. The van der Waals surface area contributed by atoms with Crippen molar-refractivity contribution in [3.05, 3.63) is 87.9 Å². The van der Waals surface area contributed by atoms with E-state index in [1.54, 1.807) is 11.3 Å². The molecule has 0 spiro atoms. The third-order valence-electron chi connectivity index (χ3n) is 5.70. The summed E-state index contributed by atoms with van der Waals surface area (Å²) in [6, 6.07) is 17.2. The van der Waals surface area contributed by atoms with Gasteiger partial charge in [-0.2, -0.15) is 4.31 Å². The number of sulfonamides is 1. The average Bonchev–Trinajstić information content (AvgIpc) is 3.33. The van der Waals surface area contributed by atoms with E-state index in [-0.39, 0.29) is 36.5 Å². The predicted molar refractivity (Wildman–Crippen MR) is 127 cm³/mol. The summed E-state index contributed by atoms with van der Waals surface area (Å²) in [5.41, 5.74) is 2.16. The van der Waals surface area contributed by atoms with Gasteiger partial charge in [0.25, 0.3) is 0 Å². The van der Waals surface area contributed by atoms with Crippen LogP contribution < -0.4 is 5.32 Å². The topological polar surface area (TPSA) is 69.7 Å². The molecule has 2 heterocycles. The molecule has 1 saturated heterocycles. The lowest BCUT2D eigenvalue weighted by Crippen LogP contribution is -2.51. The minimum atomic E-state index is -3.90. The Labute approximate surface area is 197 Å². The number of hydrogen-bond acceptors (Lipinski definition) is 5. The van der Waals surface area contributed by atoms with Crippen molar-refractivity contribution in [3.8, 4) is 0 Å². The van der Waals surface area contributed by atoms with Crippen LogP contribution in [-0.2, 0) is 14.8 Å². The Morgan fingerprint density at radius 3 is 2.36 bits per heavy atom. The summed E-state index contributed by atoms with van der Waals surface area (Å²) in [6.45, 7) is 3.40. The standard InChI is InChI=1S/C24H26FN3O3S2/c1-18-8-10-19(11-9-18)24(21-6-4-16-32-21)26-23(29)17-27-12-14-28(15-13-27)33(30,31)22-7-3-2-5-20(22)25/h2-11,16,24H,12-15,17H2,1H3,(H,26,29). The second-order valence-electron chi connectivity index (χ2n) is 8.04. The van der Waals surface area contributed by atoms with Gasteiger partial charge in [-0.05, 0) is 36.1 Å². The highest BCUT2D eigenvalue weighted by Gasteiger charge is 2.31. The smallest absolute Gasteiger partial charge is 0.246 e. The van der Waals surface area contributed by atoms with Crippen LogP contribution >= 0.6 is 11.3 Å². The maximum atomic E-state index is 14.0. The molecule has 1 N–H and O–H groups in total. The molecule has 0 saturated carbocycles. The zero-order chi connectivity index (χ0) is 23.4. The van der Waals surface area contributed by atoms with Gasteiger partial charge in [-0.25, -0.2) is 12.8 Å². The minimum Gasteiger partial charge on any atom is -0.343 e. The average molecular weight is 488 g/mol. The van der Waals surface area contributed by atoms with Crippen LogP contribution in [0, 0.1) is 12.7 Å². The normalized spacial score (nSPS) is 16.4. The maximum Gasteiger partial charge on any atom is 0.246 e. The number of benzene rings is 2. The largest absolute Gasteiger partial charge is 0.343 e. The Kier molecular flexibility index (Phi) is 7.23. The van der Waals surface area contributed by atoms with Crippen molar-refractivity contribution in [1.82, 2.24) is 14.5 Å². The summed E-state index contributed by atoms with van der Waals surface area (Å²) in [5.74, 6) is -0.880. The number of piperazine rings is 1. The van der Waals surface area contributed by atoms with Crippen molar-refractivity contribution in [2.24, 2.45) is 0 Å². The first kappa shape index (κ1) is 23.6. The SMILES string of the molecule is Cc1ccc(C(NC(=O)CN2CCN(S(=O)(=O)c3ccccc3F)CC2)c2cccs2)cc1. The lowest BCUT2D eigenvalue weighted by Gasteiger charge is -2.33. The third-order valence-corrected chi connectivity index (χ3v) is 8.57. The lowest BCUT2D eigenvalue weighted by molar-refractivity contribution is -0.123. The number of hydrogen-bond donors (Lipinski definition) is 1. The van der Waals surface area contributed by atoms with E-state index in [9.17, 15) is 17.6 Å². The molecule has 1 atom stereocenters. The molecule has 2 aromatic carbocycles. The first-order chi connectivity index (χ1) is 15.8. The predicted octanol–water partition coefficient (Wildman–Crippen LogP) is 3.41. The first-order valence-corrected chi connectivity index (χ1v) is 13.0. The molecule has 1 aromatic heterocycles. The summed E-state index contributed by atoms with van der Waals surface area (Å²) < 4.78 is 40.9. The van der Waals surface area contributed by atoms with Crippen LogP contribution in [0.4, 0.5) is 4.39 Å². The summed E-state index contributed by atoms with van der Waals surface area (Å²) in [7, 11) is -3.90. The van der Waals surface area contributed by atoms with Gasteiger partial charge < -0.3 is 5.32 Å². The van der Waals surface area contributed by atoms with Crippen LogP contribution in [0.15, 0.2) is 70.9 Å². The van der Waals surface area contributed by atoms with Crippen LogP contribution in [0.25, 0.3) is 0 Å². The monoisotopic (exact) mass is 487 g/mol. The second-order valence-corrected chi connectivity index (χ2v) is 10.9. The number of aryl methyl sites for hydroxylation is 1. The highest BCUT2D eigenvalue weighted by molar-refractivity contribution is 7.89. The van der Waals surface area contributed by atoms with E-state index < -0.39 is 15.8 Å². The second kappa shape index (κ2) is 10.1. The first-order valence-electron chi connectivity index (χ1n) is 10.7. The van der Waals surface area contributed by atoms with Crippen molar-refractivity contribution in [2.75, 3.05) is 32.7 Å². The Hall–Kier alpha value is -2.59. The van der Waals surface area contributed by atoms with Crippen molar-refractivity contribution in [2.45, 2.75) is 17.9 Å². The van der Waals surface area contributed by atoms with E-state index in [1.807, 2.05) is 53.6 Å². The highest BCUT2D eigenvalue weighted by atomic mass is 32.2. The molecule has 33 heavy (non-hydrogen) atoms. The number of carbonyl (C=O) groups excluding carboxylic acids is 1. The number of thiophene rings is 1. The molecule has 0 radical (unpaired) electrons. The minimum absolute atomic E-state index is 0.126. The Bertz CT molecular complexity index is 1190. The molecule has 174 valence electrons. The fraction of sp³-hybridized carbons (Fsp3) is 0.292. The Balaban J connectivity index is 1.37. The summed E-state index contributed by atoms with van der Waals surface area (Å²) in [6.07, 6.45) is 0. The molecule has 4 rings (SSSR count). The number of carbonyl (C=O) groups is 1. The van der Waals surface area contributed by atoms with Gasteiger partial charge in [0.05, 0.1) is 12.6 Å². The molecule has 1 aliphatic heterocycles. The Morgan fingerprint density at radius 2 is 1.73 bits per heavy atom. The number of rotatable bonds is 7. The van der Waals surface area contributed by atoms with Crippen molar-refractivity contribution < 1.29 is 17.6 Å². The number of nitrogens with one attached hydrogen (secondary N) is 1. The molecule has 0 aliphatic carbocycles. The van der Waals surface area contributed by atoms with Gasteiger partial charge >= 0.3 is 0 Å². The maximum absolute atomic E-state index is 14.0. The van der Waals surface area contributed by atoms with Gasteiger partial charge in [-0.15, -0.1) is 11.3 Å². The molecule has 6 nitrogen and oxygen atoms in total. The zero-order valence-electron chi connectivity index (χ0n) is 18.3. The molecule has 1 unspecified atom stereocenters. The molecule has 1 fully saturated rings. The van der Waals surface area contributed by atoms with E-state index >= 15 is 0 Å². The van der Waals surface area contributed by atoms with Gasteiger partial charge in [0.2, 0.25) is 15.9 Å². The van der Waals surface area contributed by atoms with Crippen molar-refractivity contribution in [3.63, 3.8) is 0 Å². The summed E-state index contributed by atoms with van der Waals surface area (Å²) in [4.78, 5) is 15.5.